The van der Waals surface area contributed by atoms with Crippen LogP contribution in [0.25, 0.3) is 11.0 Å². The van der Waals surface area contributed by atoms with Crippen LogP contribution in [0.2, 0.25) is 0 Å². The molecule has 3 rings (SSSR count). The second-order valence-electron chi connectivity index (χ2n) is 6.33. The summed E-state index contributed by atoms with van der Waals surface area (Å²) in [5.74, 6) is 1.42. The molecule has 0 fully saturated rings. The van der Waals surface area contributed by atoms with Gasteiger partial charge in [0.25, 0.3) is 5.91 Å². The number of ether oxygens (including phenoxy) is 1. The number of aryl methyl sites for hydroxylation is 1. The third-order valence-electron chi connectivity index (χ3n) is 4.25. The van der Waals surface area contributed by atoms with Crippen molar-refractivity contribution in [3.05, 3.63) is 59.4 Å². The molecule has 130 valence electrons. The first kappa shape index (κ1) is 17.0. The molecule has 0 aliphatic heterocycles. The van der Waals surface area contributed by atoms with Crippen molar-refractivity contribution in [3.8, 4) is 5.75 Å². The molecule has 1 heterocycles. The quantitative estimate of drug-likeness (QED) is 0.769. The van der Waals surface area contributed by atoms with Crippen LogP contribution in [0.5, 0.6) is 5.75 Å². The number of hydrogen-bond acceptors (Lipinski definition) is 3. The topological polar surface area (TPSA) is 56.1 Å². The number of amides is 1. The highest BCUT2D eigenvalue weighted by molar-refractivity contribution is 5.96. The minimum atomic E-state index is -0.151. The number of nitrogens with one attached hydrogen (secondary N) is 1. The van der Waals surface area contributed by atoms with E-state index in [-0.39, 0.29) is 5.91 Å². The lowest BCUT2D eigenvalue weighted by atomic mass is 10.1. The van der Waals surface area contributed by atoms with Crippen molar-refractivity contribution in [3.63, 3.8) is 0 Å². The lowest BCUT2D eigenvalue weighted by Gasteiger charge is -2.11. The molecule has 0 spiro atoms. The summed E-state index contributed by atoms with van der Waals surface area (Å²) in [7, 11) is 1.56. The molecule has 5 heteroatoms. The van der Waals surface area contributed by atoms with E-state index in [9.17, 15) is 4.79 Å². The fourth-order valence-electron chi connectivity index (χ4n) is 3.14. The van der Waals surface area contributed by atoms with Gasteiger partial charge in [0.15, 0.2) is 0 Å². The number of imidazole rings is 1. The largest absolute Gasteiger partial charge is 0.496 e. The van der Waals surface area contributed by atoms with Crippen molar-refractivity contribution in [2.45, 2.75) is 33.4 Å². The van der Waals surface area contributed by atoms with Crippen LogP contribution in [0.1, 0.15) is 41.6 Å². The van der Waals surface area contributed by atoms with Crippen molar-refractivity contribution < 1.29 is 9.53 Å². The third kappa shape index (κ3) is 3.36. The van der Waals surface area contributed by atoms with Crippen molar-refractivity contribution in [1.82, 2.24) is 14.9 Å². The van der Waals surface area contributed by atoms with Crippen LogP contribution in [-0.2, 0) is 6.54 Å². The number of aromatic nitrogens is 2. The average Bonchev–Trinajstić information content (AvgIpc) is 2.94. The summed E-state index contributed by atoms with van der Waals surface area (Å²) in [6, 6.07) is 13.7. The van der Waals surface area contributed by atoms with E-state index >= 15 is 0 Å². The number of fused-ring (bicyclic) bond motifs is 1. The number of para-hydroxylation sites is 1. The zero-order valence-corrected chi connectivity index (χ0v) is 15.0. The van der Waals surface area contributed by atoms with Gasteiger partial charge in [-0.25, -0.2) is 4.98 Å². The molecule has 1 N–H and O–H groups in total. The predicted molar refractivity (Wildman–Crippen MR) is 99.0 cm³/mol. The molecule has 25 heavy (non-hydrogen) atoms. The monoisotopic (exact) mass is 337 g/mol. The number of nitrogens with zero attached hydrogens (tertiary/aromatic N) is 2. The Hall–Kier alpha value is -2.82. The van der Waals surface area contributed by atoms with E-state index in [0.29, 0.717) is 23.9 Å². The summed E-state index contributed by atoms with van der Waals surface area (Å²) in [6.07, 6.45) is 0. The molecular formula is C20H23N3O2. The molecule has 0 bridgehead atoms. The second-order valence-corrected chi connectivity index (χ2v) is 6.33. The minimum absolute atomic E-state index is 0.151. The Morgan fingerprint density at radius 2 is 2.00 bits per heavy atom. The van der Waals surface area contributed by atoms with Crippen LogP contribution in [0.4, 0.5) is 0 Å². The molecular weight excluding hydrogens is 314 g/mol. The zero-order valence-electron chi connectivity index (χ0n) is 15.0. The second kappa shape index (κ2) is 6.97. The van der Waals surface area contributed by atoms with Gasteiger partial charge in [-0.2, -0.15) is 0 Å². The third-order valence-corrected chi connectivity index (χ3v) is 4.25. The summed E-state index contributed by atoms with van der Waals surface area (Å²) >= 11 is 0. The highest BCUT2D eigenvalue weighted by atomic mass is 16.5. The van der Waals surface area contributed by atoms with E-state index in [1.165, 1.54) is 0 Å². The summed E-state index contributed by atoms with van der Waals surface area (Å²) in [6.45, 7) is 6.76. The summed E-state index contributed by atoms with van der Waals surface area (Å²) in [5, 5.41) is 2.95. The maximum absolute atomic E-state index is 12.4. The standard InChI is InChI=1S/C20H23N3O2/c1-13(2)23-14(3)22-17-11-15(9-10-18(17)23)12-21-20(24)16-7-5-6-8-19(16)25-4/h5-11,13H,12H2,1-4H3,(H,21,24). The van der Waals surface area contributed by atoms with Crippen LogP contribution in [-0.4, -0.2) is 22.6 Å². The number of carbonyl (C=O) groups excluding carboxylic acids is 1. The van der Waals surface area contributed by atoms with E-state index in [4.69, 9.17) is 4.74 Å². The molecule has 0 atom stereocenters. The van der Waals surface area contributed by atoms with Crippen molar-refractivity contribution in [2.24, 2.45) is 0 Å². The first-order valence-electron chi connectivity index (χ1n) is 8.40. The van der Waals surface area contributed by atoms with Gasteiger partial charge in [0, 0.05) is 12.6 Å². The number of carbonyl (C=O) groups is 1. The molecule has 0 unspecified atom stereocenters. The first-order valence-corrected chi connectivity index (χ1v) is 8.40. The van der Waals surface area contributed by atoms with Gasteiger partial charge in [0.1, 0.15) is 11.6 Å². The van der Waals surface area contributed by atoms with Crippen molar-refractivity contribution >= 4 is 16.9 Å². The van der Waals surface area contributed by atoms with Gasteiger partial charge in [-0.05, 0) is 50.6 Å². The van der Waals surface area contributed by atoms with Crippen LogP contribution in [0.3, 0.4) is 0 Å². The van der Waals surface area contributed by atoms with Crippen LogP contribution in [0.15, 0.2) is 42.5 Å². The fraction of sp³-hybridized carbons (Fsp3) is 0.300. The Balaban J connectivity index is 1.78. The molecule has 0 aliphatic carbocycles. The van der Waals surface area contributed by atoms with Gasteiger partial charge >= 0.3 is 0 Å². The Kier molecular flexibility index (Phi) is 4.74. The van der Waals surface area contributed by atoms with Crippen LogP contribution in [0, 0.1) is 6.92 Å². The maximum Gasteiger partial charge on any atom is 0.255 e. The molecule has 2 aromatic carbocycles. The first-order chi connectivity index (χ1) is 12.0. The number of methoxy groups -OCH3 is 1. The van der Waals surface area contributed by atoms with Crippen LogP contribution >= 0.6 is 0 Å². The van der Waals surface area contributed by atoms with Gasteiger partial charge in [-0.3, -0.25) is 4.79 Å². The molecule has 0 saturated carbocycles. The van der Waals surface area contributed by atoms with E-state index in [1.54, 1.807) is 19.2 Å². The maximum atomic E-state index is 12.4. The molecule has 1 amide bonds. The van der Waals surface area contributed by atoms with Gasteiger partial charge < -0.3 is 14.6 Å². The van der Waals surface area contributed by atoms with Crippen molar-refractivity contribution in [2.75, 3.05) is 7.11 Å². The average molecular weight is 337 g/mol. The summed E-state index contributed by atoms with van der Waals surface area (Å²) in [5.41, 5.74) is 3.62. The Morgan fingerprint density at radius 1 is 1.24 bits per heavy atom. The molecule has 5 nitrogen and oxygen atoms in total. The predicted octanol–water partition coefficient (Wildman–Crippen LogP) is 3.86. The minimum Gasteiger partial charge on any atom is -0.496 e. The fourth-order valence-corrected chi connectivity index (χ4v) is 3.14. The summed E-state index contributed by atoms with van der Waals surface area (Å²) < 4.78 is 7.46. The van der Waals surface area contributed by atoms with E-state index in [0.717, 1.165) is 22.4 Å². The smallest absolute Gasteiger partial charge is 0.255 e. The Labute approximate surface area is 147 Å². The molecule has 0 saturated heterocycles. The molecule has 1 aromatic heterocycles. The van der Waals surface area contributed by atoms with E-state index in [1.807, 2.05) is 31.2 Å². The van der Waals surface area contributed by atoms with Gasteiger partial charge in [0.05, 0.1) is 23.7 Å². The Bertz CT molecular complexity index is 912. The SMILES string of the molecule is COc1ccccc1C(=O)NCc1ccc2c(c1)nc(C)n2C(C)C. The highest BCUT2D eigenvalue weighted by Gasteiger charge is 2.13. The lowest BCUT2D eigenvalue weighted by Crippen LogP contribution is -2.23. The summed E-state index contributed by atoms with van der Waals surface area (Å²) in [4.78, 5) is 17.0. The molecule has 0 radical (unpaired) electrons. The van der Waals surface area contributed by atoms with Gasteiger partial charge in [-0.15, -0.1) is 0 Å². The van der Waals surface area contributed by atoms with Gasteiger partial charge in [0.2, 0.25) is 0 Å². The Morgan fingerprint density at radius 3 is 2.72 bits per heavy atom. The lowest BCUT2D eigenvalue weighted by molar-refractivity contribution is 0.0948. The number of hydrogen-bond donors (Lipinski definition) is 1. The molecule has 3 aromatic rings. The van der Waals surface area contributed by atoms with Crippen LogP contribution < -0.4 is 10.1 Å². The zero-order chi connectivity index (χ0) is 18.0. The number of rotatable bonds is 5. The highest BCUT2D eigenvalue weighted by Crippen LogP contribution is 2.22. The van der Waals surface area contributed by atoms with Crippen molar-refractivity contribution in [1.29, 1.82) is 0 Å². The number of benzene rings is 2. The molecule has 0 aliphatic rings. The van der Waals surface area contributed by atoms with E-state index < -0.39 is 0 Å². The van der Waals surface area contributed by atoms with Gasteiger partial charge in [-0.1, -0.05) is 18.2 Å². The van der Waals surface area contributed by atoms with E-state index in [2.05, 4.69) is 34.8 Å². The normalized spacial score (nSPS) is 11.1.